The molecule has 0 aromatic carbocycles. The molecule has 1 fully saturated rings. The molecule has 15 heavy (non-hydrogen) atoms. The van der Waals surface area contributed by atoms with E-state index in [9.17, 15) is 4.79 Å². The average Bonchev–Trinajstić information content (AvgIpc) is 2.17. The first-order valence-electron chi connectivity index (χ1n) is 5.67. The third-order valence-electron chi connectivity index (χ3n) is 3.00. The normalized spacial score (nSPS) is 27.7. The van der Waals surface area contributed by atoms with Gasteiger partial charge < -0.3 is 10.6 Å². The van der Waals surface area contributed by atoms with Gasteiger partial charge in [0.2, 0.25) is 5.91 Å². The van der Waals surface area contributed by atoms with Crippen LogP contribution >= 0.6 is 12.4 Å². The van der Waals surface area contributed by atoms with Crippen molar-refractivity contribution in [1.82, 2.24) is 10.6 Å². The van der Waals surface area contributed by atoms with Crippen LogP contribution in [0.1, 0.15) is 40.0 Å². The molecule has 0 aromatic rings. The van der Waals surface area contributed by atoms with Crippen molar-refractivity contribution in [3.63, 3.8) is 0 Å². The van der Waals surface area contributed by atoms with E-state index in [0.29, 0.717) is 12.1 Å². The lowest BCUT2D eigenvalue weighted by Gasteiger charge is -2.28. The molecular weight excluding hydrogens is 212 g/mol. The van der Waals surface area contributed by atoms with Crippen molar-refractivity contribution in [1.29, 1.82) is 0 Å². The highest BCUT2D eigenvalue weighted by Gasteiger charge is 2.24. The van der Waals surface area contributed by atoms with Crippen LogP contribution in [-0.4, -0.2) is 24.5 Å². The molecule has 1 amide bonds. The second kappa shape index (κ2) is 7.07. The molecule has 1 saturated heterocycles. The summed E-state index contributed by atoms with van der Waals surface area (Å²) < 4.78 is 0. The van der Waals surface area contributed by atoms with Crippen molar-refractivity contribution >= 4 is 18.3 Å². The molecule has 1 unspecified atom stereocenters. The Kier molecular flexibility index (Phi) is 6.94. The van der Waals surface area contributed by atoms with Crippen LogP contribution < -0.4 is 10.6 Å². The first-order chi connectivity index (χ1) is 6.63. The van der Waals surface area contributed by atoms with Crippen molar-refractivity contribution in [2.24, 2.45) is 5.92 Å². The number of amides is 1. The van der Waals surface area contributed by atoms with Gasteiger partial charge in [-0.1, -0.05) is 6.92 Å². The minimum atomic E-state index is 0. The van der Waals surface area contributed by atoms with Crippen LogP contribution in [0.2, 0.25) is 0 Å². The number of hydrogen-bond donors (Lipinski definition) is 2. The number of rotatable bonds is 3. The molecule has 0 spiro atoms. The third kappa shape index (κ3) is 4.85. The van der Waals surface area contributed by atoms with Gasteiger partial charge in [0.1, 0.15) is 0 Å². The number of piperidine rings is 1. The minimum Gasteiger partial charge on any atom is -0.353 e. The number of hydrogen-bond acceptors (Lipinski definition) is 2. The van der Waals surface area contributed by atoms with Crippen LogP contribution in [-0.2, 0) is 4.79 Å². The Labute approximate surface area is 98.8 Å². The molecule has 90 valence electrons. The van der Waals surface area contributed by atoms with Gasteiger partial charge in [-0.25, -0.2) is 0 Å². The molecule has 0 radical (unpaired) electrons. The zero-order chi connectivity index (χ0) is 10.6. The van der Waals surface area contributed by atoms with E-state index in [2.05, 4.69) is 31.4 Å². The molecule has 1 aliphatic rings. The van der Waals surface area contributed by atoms with Gasteiger partial charge in [-0.15, -0.1) is 12.4 Å². The zero-order valence-electron chi connectivity index (χ0n) is 9.88. The summed E-state index contributed by atoms with van der Waals surface area (Å²) in [6.07, 6.45) is 2.96. The van der Waals surface area contributed by atoms with E-state index in [0.717, 1.165) is 25.8 Å². The molecule has 1 rings (SSSR count). The standard InChI is InChI=1S/C11H22N2O.ClH/c1-4-8(2)13-11(14)10-5-6-12-9(3)7-10;/h8-10,12H,4-7H2,1-3H3,(H,13,14);1H/t8?,9-,10-;/m0./s1. The Morgan fingerprint density at radius 3 is 2.80 bits per heavy atom. The Bertz CT molecular complexity index is 199. The summed E-state index contributed by atoms with van der Waals surface area (Å²) >= 11 is 0. The van der Waals surface area contributed by atoms with Gasteiger partial charge in [-0.2, -0.15) is 0 Å². The third-order valence-corrected chi connectivity index (χ3v) is 3.00. The van der Waals surface area contributed by atoms with Gasteiger partial charge in [0, 0.05) is 18.0 Å². The summed E-state index contributed by atoms with van der Waals surface area (Å²) in [4.78, 5) is 11.8. The monoisotopic (exact) mass is 234 g/mol. The van der Waals surface area contributed by atoms with Gasteiger partial charge in [0.05, 0.1) is 0 Å². The highest BCUT2D eigenvalue weighted by molar-refractivity contribution is 5.85. The van der Waals surface area contributed by atoms with Crippen molar-refractivity contribution in [2.45, 2.75) is 52.1 Å². The fraction of sp³-hybridized carbons (Fsp3) is 0.909. The summed E-state index contributed by atoms with van der Waals surface area (Å²) in [5.41, 5.74) is 0. The number of nitrogens with one attached hydrogen (secondary N) is 2. The molecule has 0 saturated carbocycles. The first kappa shape index (κ1) is 14.7. The zero-order valence-corrected chi connectivity index (χ0v) is 10.7. The Morgan fingerprint density at radius 1 is 1.60 bits per heavy atom. The summed E-state index contributed by atoms with van der Waals surface area (Å²) in [5.74, 6) is 0.466. The van der Waals surface area contributed by atoms with Crippen LogP contribution in [0.5, 0.6) is 0 Å². The Hall–Kier alpha value is -0.280. The molecular formula is C11H23ClN2O. The van der Waals surface area contributed by atoms with Gasteiger partial charge in [-0.3, -0.25) is 4.79 Å². The van der Waals surface area contributed by atoms with Crippen LogP contribution in [0.15, 0.2) is 0 Å². The molecule has 2 N–H and O–H groups in total. The van der Waals surface area contributed by atoms with Gasteiger partial charge in [-0.05, 0) is 39.7 Å². The largest absolute Gasteiger partial charge is 0.353 e. The molecule has 4 heteroatoms. The van der Waals surface area contributed by atoms with Crippen LogP contribution in [0.3, 0.4) is 0 Å². The summed E-state index contributed by atoms with van der Waals surface area (Å²) in [6.45, 7) is 7.26. The van der Waals surface area contributed by atoms with E-state index in [1.54, 1.807) is 0 Å². The van der Waals surface area contributed by atoms with E-state index < -0.39 is 0 Å². The number of halogens is 1. The number of carbonyl (C=O) groups excluding carboxylic acids is 1. The summed E-state index contributed by atoms with van der Waals surface area (Å²) in [5, 5.41) is 6.41. The van der Waals surface area contributed by atoms with Gasteiger partial charge >= 0.3 is 0 Å². The smallest absolute Gasteiger partial charge is 0.223 e. The maximum Gasteiger partial charge on any atom is 0.223 e. The average molecular weight is 235 g/mol. The SMILES string of the molecule is CCC(C)NC(=O)[C@H]1CCN[C@@H](C)C1.Cl. The lowest BCUT2D eigenvalue weighted by Crippen LogP contribution is -2.44. The van der Waals surface area contributed by atoms with E-state index in [-0.39, 0.29) is 24.2 Å². The molecule has 0 aromatic heterocycles. The minimum absolute atomic E-state index is 0. The topological polar surface area (TPSA) is 41.1 Å². The molecule has 1 heterocycles. The maximum absolute atomic E-state index is 11.8. The summed E-state index contributed by atoms with van der Waals surface area (Å²) in [7, 11) is 0. The fourth-order valence-corrected chi connectivity index (χ4v) is 1.83. The van der Waals surface area contributed by atoms with E-state index in [1.807, 2.05) is 0 Å². The Morgan fingerprint density at radius 2 is 2.27 bits per heavy atom. The van der Waals surface area contributed by atoms with Crippen molar-refractivity contribution in [3.8, 4) is 0 Å². The van der Waals surface area contributed by atoms with Gasteiger partial charge in [0.15, 0.2) is 0 Å². The van der Waals surface area contributed by atoms with Crippen molar-refractivity contribution < 1.29 is 4.79 Å². The predicted molar refractivity (Wildman–Crippen MR) is 65.3 cm³/mol. The molecule has 3 nitrogen and oxygen atoms in total. The van der Waals surface area contributed by atoms with E-state index in [1.165, 1.54) is 0 Å². The number of carbonyl (C=O) groups is 1. The molecule has 3 atom stereocenters. The molecule has 0 aliphatic carbocycles. The molecule has 0 bridgehead atoms. The first-order valence-corrected chi connectivity index (χ1v) is 5.67. The quantitative estimate of drug-likeness (QED) is 0.781. The fourth-order valence-electron chi connectivity index (χ4n) is 1.83. The highest BCUT2D eigenvalue weighted by atomic mass is 35.5. The second-order valence-electron chi connectivity index (χ2n) is 4.39. The van der Waals surface area contributed by atoms with Crippen LogP contribution in [0.4, 0.5) is 0 Å². The van der Waals surface area contributed by atoms with Crippen molar-refractivity contribution in [3.05, 3.63) is 0 Å². The molecule has 1 aliphatic heterocycles. The van der Waals surface area contributed by atoms with Crippen LogP contribution in [0.25, 0.3) is 0 Å². The maximum atomic E-state index is 11.8. The Balaban J connectivity index is 0.00000196. The van der Waals surface area contributed by atoms with Gasteiger partial charge in [0.25, 0.3) is 0 Å². The summed E-state index contributed by atoms with van der Waals surface area (Å²) in [6, 6.07) is 0.795. The van der Waals surface area contributed by atoms with E-state index in [4.69, 9.17) is 0 Å². The lowest BCUT2D eigenvalue weighted by molar-refractivity contribution is -0.126. The lowest BCUT2D eigenvalue weighted by atomic mass is 9.92. The predicted octanol–water partition coefficient (Wildman–Crippen LogP) is 1.71. The van der Waals surface area contributed by atoms with Crippen LogP contribution in [0, 0.1) is 5.92 Å². The van der Waals surface area contributed by atoms with Crippen molar-refractivity contribution in [2.75, 3.05) is 6.54 Å². The second-order valence-corrected chi connectivity index (χ2v) is 4.39. The highest BCUT2D eigenvalue weighted by Crippen LogP contribution is 2.16. The van der Waals surface area contributed by atoms with E-state index >= 15 is 0 Å².